The third kappa shape index (κ3) is 18.2. The van der Waals surface area contributed by atoms with Gasteiger partial charge in [-0.1, -0.05) is 60.7 Å². The number of aliphatic hydroxyl groups is 4. The van der Waals surface area contributed by atoms with E-state index in [1.54, 1.807) is 67.8 Å². The van der Waals surface area contributed by atoms with Crippen molar-refractivity contribution in [3.8, 4) is 0 Å². The van der Waals surface area contributed by atoms with Crippen molar-refractivity contribution in [1.29, 1.82) is 0 Å². The van der Waals surface area contributed by atoms with E-state index in [4.69, 9.17) is 0 Å². The van der Waals surface area contributed by atoms with Crippen LogP contribution in [-0.4, -0.2) is 114 Å². The predicted octanol–water partition coefficient (Wildman–Crippen LogP) is -1.52. The average Bonchev–Trinajstić information content (AvgIpc) is 3.27. The maximum absolute atomic E-state index is 12.7. The molecule has 0 aliphatic heterocycles. The minimum absolute atomic E-state index is 0. The molecule has 0 aliphatic carbocycles. The van der Waals surface area contributed by atoms with Crippen LogP contribution in [0.4, 0.5) is 58.4 Å². The molecule has 0 bridgehead atoms. The molecule has 26 heteroatoms. The smallest absolute Gasteiger partial charge is 0.744 e. The molecule has 0 fully saturated rings. The van der Waals surface area contributed by atoms with E-state index in [1.807, 2.05) is 48.5 Å². The largest absolute Gasteiger partial charge is 1.00 e. The summed E-state index contributed by atoms with van der Waals surface area (Å²) in [6.07, 6.45) is -0.313. The zero-order valence-electron chi connectivity index (χ0n) is 39.2. The molecule has 0 radical (unpaired) electrons. The zero-order valence-corrected chi connectivity index (χ0v) is 44.8. The van der Waals surface area contributed by atoms with Crippen molar-refractivity contribution in [3.05, 3.63) is 108 Å². The number of hydrogen-bond donors (Lipinski definition) is 8. The average molecular weight is 1020 g/mol. The van der Waals surface area contributed by atoms with E-state index in [1.165, 1.54) is 24.3 Å². The predicted molar refractivity (Wildman–Crippen MR) is 255 cm³/mol. The summed E-state index contributed by atoms with van der Waals surface area (Å²) in [6.45, 7) is 6.69. The van der Waals surface area contributed by atoms with Crippen LogP contribution in [0.2, 0.25) is 0 Å². The van der Waals surface area contributed by atoms with E-state index in [-0.39, 0.29) is 132 Å². The van der Waals surface area contributed by atoms with E-state index in [0.717, 1.165) is 6.07 Å². The van der Waals surface area contributed by atoms with Gasteiger partial charge in [-0.15, -0.1) is 0 Å². The summed E-state index contributed by atoms with van der Waals surface area (Å²) in [4.78, 5) is 30.0. The van der Waals surface area contributed by atoms with Crippen LogP contribution in [0.15, 0.2) is 107 Å². The molecule has 2 aromatic heterocycles. The van der Waals surface area contributed by atoms with Gasteiger partial charge in [-0.05, 0) is 87.4 Å². The molecule has 0 aliphatic rings. The minimum atomic E-state index is -5.09. The Labute approximate surface area is 453 Å². The molecule has 4 aromatic carbocycles. The molecule has 360 valence electrons. The topological polar surface area (TPSA) is 312 Å². The van der Waals surface area contributed by atoms with Crippen molar-refractivity contribution in [2.24, 2.45) is 0 Å². The van der Waals surface area contributed by atoms with Gasteiger partial charge in [0.1, 0.15) is 10.1 Å². The van der Waals surface area contributed by atoms with Gasteiger partial charge >= 0.3 is 59.1 Å². The number of para-hydroxylation sites is 2. The normalized spacial score (nSPS) is 13.0. The van der Waals surface area contributed by atoms with Gasteiger partial charge < -0.3 is 61.3 Å². The molecule has 8 N–H and O–H groups in total. The molecule has 22 nitrogen and oxygen atoms in total. The molecule has 70 heavy (non-hydrogen) atoms. The Morgan fingerprint density at radius 1 is 0.571 bits per heavy atom. The van der Waals surface area contributed by atoms with Crippen LogP contribution in [0, 0.1) is 0 Å². The number of aromatic nitrogens is 6. The summed E-state index contributed by atoms with van der Waals surface area (Å²) >= 11 is 0.557. The molecule has 0 spiro atoms. The summed E-state index contributed by atoms with van der Waals surface area (Å²) in [5.41, 5.74) is 2.30. The first-order valence-corrected chi connectivity index (χ1v) is 23.1. The monoisotopic (exact) mass is 1020 g/mol. The van der Waals surface area contributed by atoms with Gasteiger partial charge in [0.2, 0.25) is 35.7 Å². The fourth-order valence-corrected chi connectivity index (χ4v) is 7.77. The maximum Gasteiger partial charge on any atom is 1.00 e. The molecule has 0 saturated carbocycles. The van der Waals surface area contributed by atoms with Crippen molar-refractivity contribution in [3.63, 3.8) is 0 Å². The molecule has 4 unspecified atom stereocenters. The summed E-state index contributed by atoms with van der Waals surface area (Å²) in [5, 5.41) is 67.8. The van der Waals surface area contributed by atoms with Crippen LogP contribution in [-0.2, 0) is 19.5 Å². The van der Waals surface area contributed by atoms with Gasteiger partial charge in [0.15, 0.2) is 0 Å². The number of hydrogen-bond acceptors (Lipinski definition) is 23. The summed E-state index contributed by atoms with van der Waals surface area (Å²) < 4.78 is 42.9. The number of nitrogens with one attached hydrogen (secondary N) is 4. The Morgan fingerprint density at radius 2 is 0.943 bits per heavy atom. The fourth-order valence-electron chi connectivity index (χ4n) is 6.57. The van der Waals surface area contributed by atoms with Crippen LogP contribution in [0.5, 0.6) is 0 Å². The first kappa shape index (κ1) is 58.0. The Bertz CT molecular complexity index is 2720. The minimum Gasteiger partial charge on any atom is -0.744 e. The molecular weight excluding hydrogens is 967 g/mol. The van der Waals surface area contributed by atoms with E-state index >= 15 is 0 Å². The van der Waals surface area contributed by atoms with Gasteiger partial charge in [0.25, 0.3) is 0 Å². The van der Waals surface area contributed by atoms with Crippen molar-refractivity contribution >= 4 is 92.8 Å². The van der Waals surface area contributed by atoms with Crippen molar-refractivity contribution in [2.45, 2.75) is 61.9 Å². The van der Waals surface area contributed by atoms with Crippen LogP contribution < -0.4 is 95.4 Å². The van der Waals surface area contributed by atoms with E-state index in [0.29, 0.717) is 39.6 Å². The molecular formula is C44H50N12Na2O10S2. The maximum atomic E-state index is 12.7. The van der Waals surface area contributed by atoms with Crippen molar-refractivity contribution in [1.82, 2.24) is 29.9 Å². The molecule has 4 atom stereocenters. The molecule has 2 heterocycles. The third-order valence-electron chi connectivity index (χ3n) is 9.21. The molecule has 0 saturated heterocycles. The number of nitrogens with zero attached hydrogens (tertiary/aromatic N) is 8. The van der Waals surface area contributed by atoms with Gasteiger partial charge in [-0.2, -0.15) is 34.2 Å². The quantitative estimate of drug-likeness (QED) is 0.00853. The van der Waals surface area contributed by atoms with Gasteiger partial charge in [0.05, 0.1) is 41.4 Å². The zero-order chi connectivity index (χ0) is 48.8. The van der Waals surface area contributed by atoms with E-state index in [2.05, 4.69) is 60.5 Å². The van der Waals surface area contributed by atoms with Crippen LogP contribution in [0.1, 0.15) is 38.8 Å². The van der Waals surface area contributed by atoms with Crippen molar-refractivity contribution < 1.29 is 107 Å². The first-order valence-electron chi connectivity index (χ1n) is 21.0. The number of anilines is 10. The van der Waals surface area contributed by atoms with Crippen LogP contribution >= 0.6 is 12.0 Å². The van der Waals surface area contributed by atoms with Crippen molar-refractivity contribution in [2.75, 3.05) is 57.2 Å². The van der Waals surface area contributed by atoms with Gasteiger partial charge in [0, 0.05) is 53.8 Å². The summed E-state index contributed by atoms with van der Waals surface area (Å²) in [7, 11) is -5.09. The second kappa shape index (κ2) is 27.9. The Hall–Kier alpha value is -4.58. The first-order chi connectivity index (χ1) is 32.5. The van der Waals surface area contributed by atoms with E-state index < -0.39 is 39.4 Å². The Balaban J connectivity index is 0.00000533. The second-order valence-electron chi connectivity index (χ2n) is 15.5. The fraction of sp³-hybridized carbons (Fsp3) is 0.273. The van der Waals surface area contributed by atoms with Crippen LogP contribution in [0.3, 0.4) is 0 Å². The second-order valence-corrected chi connectivity index (χ2v) is 17.6. The molecule has 0 amide bonds. The third-order valence-corrected chi connectivity index (χ3v) is 10.8. The van der Waals surface area contributed by atoms with Gasteiger partial charge in [-0.25, -0.2) is 8.42 Å². The standard InChI is InChI=1S/C44H52N12O10S2.2Na/c1-27(57)23-55(24-28(2)58)43-51-39(45-33-11-7-5-8-12-33)49-41(53-43)47-35-19-17-31(37(21-35)67-66-65-61)15-16-32-18-20-36(22-38(32)68(62,63)64)48-42-50-40(46-34-13-9-6-10-14-34)52-44(54-42)56(25-29(3)59)26-30(4)60;;/h5-22,27-30,57-61H,23-26H2,1-4H3,(H,62,63,64)(H2,45,47,49,51,53)(H2,46,48,50,52,54);;/q;2*+1/p-2/b16-15+;;. The van der Waals surface area contributed by atoms with E-state index in [9.17, 15) is 38.7 Å². The number of rotatable bonds is 24. The summed E-state index contributed by atoms with van der Waals surface area (Å²) in [5.74, 6) is 0.523. The Morgan fingerprint density at radius 3 is 1.33 bits per heavy atom. The SMILES string of the molecule is CC(O)CN(CC(C)O)c1nc(Nc2ccccc2)nc(Nc2ccc(/C=C/c3ccc(Nc4nc(Nc5ccccc5)nc(N(CC(C)O)CC(C)O)n4)cc3S(=O)(=O)[O-])c(SOO[O-])c2)n1.[Na+].[Na+]. The summed E-state index contributed by atoms with van der Waals surface area (Å²) in [6, 6.07) is 27.1. The number of aliphatic hydroxyl groups excluding tert-OH is 4. The van der Waals surface area contributed by atoms with Gasteiger partial charge in [-0.3, -0.25) is 5.04 Å². The molecule has 6 rings (SSSR count). The molecule has 6 aromatic rings. The Kier molecular flexibility index (Phi) is 23.1. The van der Waals surface area contributed by atoms with Crippen LogP contribution in [0.25, 0.3) is 12.2 Å². The number of benzene rings is 4.